The van der Waals surface area contributed by atoms with Crippen molar-refractivity contribution < 1.29 is 4.79 Å². The number of carbonyl (C=O) groups is 1. The fourth-order valence-electron chi connectivity index (χ4n) is 0.245. The molecule has 0 fully saturated rings. The number of carbonyl (C=O) groups excluding carboxylic acids is 1. The van der Waals surface area contributed by atoms with E-state index >= 15 is 0 Å². The van der Waals surface area contributed by atoms with Crippen LogP contribution in [0.25, 0.3) is 0 Å². The summed E-state index contributed by atoms with van der Waals surface area (Å²) in [6.07, 6.45) is 2.87. The van der Waals surface area contributed by atoms with E-state index in [-0.39, 0.29) is 6.54 Å². The maximum Gasteiger partial charge on any atom is 0.239 e. The Morgan fingerprint density at radius 3 is 2.89 bits per heavy atom. The zero-order valence-electron chi connectivity index (χ0n) is 5.24. The van der Waals surface area contributed by atoms with Crippen molar-refractivity contribution in [3.05, 3.63) is 0 Å². The van der Waals surface area contributed by atoms with Gasteiger partial charge in [0.05, 0.1) is 0 Å². The summed E-state index contributed by atoms with van der Waals surface area (Å²) >= 11 is 0. The highest BCUT2D eigenvalue weighted by atomic mass is 16.1. The van der Waals surface area contributed by atoms with Gasteiger partial charge in [-0.05, 0) is 6.92 Å². The first kappa shape index (κ1) is 7.81. The number of primary amides is 1. The zero-order chi connectivity index (χ0) is 7.11. The van der Waals surface area contributed by atoms with Gasteiger partial charge in [0.1, 0.15) is 12.9 Å². The van der Waals surface area contributed by atoms with E-state index in [1.807, 2.05) is 0 Å². The molecule has 0 spiro atoms. The first-order valence-corrected chi connectivity index (χ1v) is 2.51. The maximum absolute atomic E-state index is 10.0. The highest BCUT2D eigenvalue weighted by Crippen LogP contribution is 1.65. The van der Waals surface area contributed by atoms with E-state index < -0.39 is 5.91 Å². The molecule has 0 saturated heterocycles. The lowest BCUT2D eigenvalue weighted by atomic mass is 10.6. The lowest BCUT2D eigenvalue weighted by Crippen LogP contribution is -2.13. The summed E-state index contributed by atoms with van der Waals surface area (Å²) < 4.78 is 0. The molecule has 4 nitrogen and oxygen atoms in total. The molecule has 0 aromatic heterocycles. The molecule has 0 aliphatic heterocycles. The van der Waals surface area contributed by atoms with Gasteiger partial charge in [0.15, 0.2) is 0 Å². The Morgan fingerprint density at radius 2 is 2.44 bits per heavy atom. The van der Waals surface area contributed by atoms with Crippen LogP contribution in [0.1, 0.15) is 6.92 Å². The van der Waals surface area contributed by atoms with Crippen LogP contribution in [0.2, 0.25) is 0 Å². The standard InChI is InChI=1S/C5H9N3O/c1-2-7-4-8-3-5(6)9/h2,4H,3H2,1H3,(H2,6,9)/b7-2-,8-4-. The van der Waals surface area contributed by atoms with E-state index in [2.05, 4.69) is 9.98 Å². The highest BCUT2D eigenvalue weighted by molar-refractivity contribution is 5.78. The summed E-state index contributed by atoms with van der Waals surface area (Å²) in [5.41, 5.74) is 4.77. The van der Waals surface area contributed by atoms with E-state index in [1.54, 1.807) is 13.1 Å². The van der Waals surface area contributed by atoms with E-state index in [4.69, 9.17) is 5.73 Å². The largest absolute Gasteiger partial charge is 0.368 e. The van der Waals surface area contributed by atoms with Gasteiger partial charge in [-0.2, -0.15) is 0 Å². The molecule has 4 heteroatoms. The quantitative estimate of drug-likeness (QED) is 0.406. The molecular weight excluding hydrogens is 118 g/mol. The van der Waals surface area contributed by atoms with E-state index in [9.17, 15) is 4.79 Å². The topological polar surface area (TPSA) is 67.8 Å². The molecular formula is C5H9N3O. The van der Waals surface area contributed by atoms with Gasteiger partial charge < -0.3 is 5.73 Å². The molecule has 0 bridgehead atoms. The maximum atomic E-state index is 10.0. The van der Waals surface area contributed by atoms with Crippen LogP contribution in [-0.4, -0.2) is 25.0 Å². The molecule has 0 aromatic rings. The molecule has 0 unspecified atom stereocenters. The van der Waals surface area contributed by atoms with Gasteiger partial charge in [-0.15, -0.1) is 0 Å². The van der Waals surface area contributed by atoms with Gasteiger partial charge in [-0.3, -0.25) is 9.79 Å². The molecule has 50 valence electrons. The monoisotopic (exact) mass is 127 g/mol. The first-order valence-electron chi connectivity index (χ1n) is 2.51. The number of hydrogen-bond donors (Lipinski definition) is 1. The second-order valence-corrected chi connectivity index (χ2v) is 1.33. The zero-order valence-corrected chi connectivity index (χ0v) is 5.24. The highest BCUT2D eigenvalue weighted by Gasteiger charge is 1.84. The van der Waals surface area contributed by atoms with Crippen LogP contribution in [0, 0.1) is 0 Å². The molecule has 0 aliphatic rings. The number of nitrogens with two attached hydrogens (primary N) is 1. The van der Waals surface area contributed by atoms with E-state index in [0.29, 0.717) is 0 Å². The van der Waals surface area contributed by atoms with Crippen molar-refractivity contribution in [1.29, 1.82) is 0 Å². The Balaban J connectivity index is 3.36. The van der Waals surface area contributed by atoms with Gasteiger partial charge in [-0.1, -0.05) is 0 Å². The Morgan fingerprint density at radius 1 is 1.78 bits per heavy atom. The summed E-state index contributed by atoms with van der Waals surface area (Å²) in [6.45, 7) is 1.77. The minimum Gasteiger partial charge on any atom is -0.368 e. The van der Waals surface area contributed by atoms with Gasteiger partial charge in [-0.25, -0.2) is 4.99 Å². The predicted octanol–water partition coefficient (Wildman–Crippen LogP) is -0.409. The summed E-state index contributed by atoms with van der Waals surface area (Å²) in [5.74, 6) is -0.447. The number of aliphatic imine (C=N–C) groups is 2. The van der Waals surface area contributed by atoms with Crippen molar-refractivity contribution in [2.24, 2.45) is 15.7 Å². The molecule has 1 amide bonds. The third kappa shape index (κ3) is 6.81. The summed E-state index contributed by atoms with van der Waals surface area (Å²) in [4.78, 5) is 17.2. The van der Waals surface area contributed by atoms with Crippen molar-refractivity contribution >= 4 is 18.5 Å². The van der Waals surface area contributed by atoms with Crippen LogP contribution in [0.15, 0.2) is 9.98 Å². The van der Waals surface area contributed by atoms with Crippen LogP contribution in [0.4, 0.5) is 0 Å². The van der Waals surface area contributed by atoms with E-state index in [0.717, 1.165) is 0 Å². The number of amides is 1. The minimum absolute atomic E-state index is 0.0112. The average molecular weight is 127 g/mol. The van der Waals surface area contributed by atoms with Crippen LogP contribution in [0.3, 0.4) is 0 Å². The molecule has 0 aromatic carbocycles. The molecule has 0 rings (SSSR count). The smallest absolute Gasteiger partial charge is 0.239 e. The van der Waals surface area contributed by atoms with Crippen LogP contribution >= 0.6 is 0 Å². The molecule has 9 heavy (non-hydrogen) atoms. The van der Waals surface area contributed by atoms with Crippen molar-refractivity contribution in [3.63, 3.8) is 0 Å². The van der Waals surface area contributed by atoms with Gasteiger partial charge >= 0.3 is 0 Å². The SMILES string of the molecule is C/C=N\C=N/CC(N)=O. The van der Waals surface area contributed by atoms with Crippen molar-refractivity contribution in [3.8, 4) is 0 Å². The van der Waals surface area contributed by atoms with Crippen LogP contribution < -0.4 is 5.73 Å². The van der Waals surface area contributed by atoms with Crippen molar-refractivity contribution in [1.82, 2.24) is 0 Å². The third-order valence-corrected chi connectivity index (χ3v) is 0.545. The Hall–Kier alpha value is -1.19. The molecule has 0 heterocycles. The molecule has 0 atom stereocenters. The normalized spacial score (nSPS) is 11.2. The minimum atomic E-state index is -0.447. The Labute approximate surface area is 53.5 Å². The second kappa shape index (κ2) is 4.96. The van der Waals surface area contributed by atoms with E-state index in [1.165, 1.54) is 6.34 Å². The average Bonchev–Trinajstić information content (AvgIpc) is 1.80. The van der Waals surface area contributed by atoms with Gasteiger partial charge in [0.2, 0.25) is 5.91 Å². The van der Waals surface area contributed by atoms with Gasteiger partial charge in [0, 0.05) is 6.21 Å². The lowest BCUT2D eigenvalue weighted by Gasteiger charge is -1.80. The third-order valence-electron chi connectivity index (χ3n) is 0.545. The predicted molar refractivity (Wildman–Crippen MR) is 36.7 cm³/mol. The first-order chi connectivity index (χ1) is 4.27. The number of nitrogens with zero attached hydrogens (tertiary/aromatic N) is 2. The van der Waals surface area contributed by atoms with Crippen molar-refractivity contribution in [2.75, 3.05) is 6.54 Å². The second-order valence-electron chi connectivity index (χ2n) is 1.33. The molecule has 2 N–H and O–H groups in total. The number of hydrogen-bond acceptors (Lipinski definition) is 2. The Bertz CT molecular complexity index is 139. The lowest BCUT2D eigenvalue weighted by molar-refractivity contribution is -0.116. The van der Waals surface area contributed by atoms with Crippen LogP contribution in [0.5, 0.6) is 0 Å². The molecule has 0 saturated carbocycles. The summed E-state index contributed by atoms with van der Waals surface area (Å²) in [5, 5.41) is 0. The Kier molecular flexibility index (Phi) is 4.30. The molecule has 0 radical (unpaired) electrons. The van der Waals surface area contributed by atoms with Crippen LogP contribution in [-0.2, 0) is 4.79 Å². The summed E-state index contributed by atoms with van der Waals surface area (Å²) in [6, 6.07) is 0. The number of rotatable bonds is 3. The van der Waals surface area contributed by atoms with Crippen molar-refractivity contribution in [2.45, 2.75) is 6.92 Å². The fraction of sp³-hybridized carbons (Fsp3) is 0.400. The fourth-order valence-corrected chi connectivity index (χ4v) is 0.245. The summed E-state index contributed by atoms with van der Waals surface area (Å²) in [7, 11) is 0. The molecule has 0 aliphatic carbocycles. The van der Waals surface area contributed by atoms with Gasteiger partial charge in [0.25, 0.3) is 0 Å².